The number of hydrogen-bond acceptors (Lipinski definition) is 4. The van der Waals surface area contributed by atoms with Crippen molar-refractivity contribution in [3.8, 4) is 6.07 Å². The molecule has 6 heteroatoms. The molecule has 5 rings (SSSR count). The van der Waals surface area contributed by atoms with E-state index in [0.29, 0.717) is 25.1 Å². The second kappa shape index (κ2) is 9.17. The molecule has 3 heterocycles. The monoisotopic (exact) mass is 454 g/mol. The zero-order valence-electron chi connectivity index (χ0n) is 18.2. The SMILES string of the molecule is N#Cc1cnc2c(c1)CCc1cc(Cl)ccc1C2=C1CCN(C(=O)Cc2ccncc2)CC1. The van der Waals surface area contributed by atoms with Gasteiger partial charge in [-0.1, -0.05) is 23.2 Å². The van der Waals surface area contributed by atoms with Gasteiger partial charge in [0.05, 0.1) is 17.7 Å². The van der Waals surface area contributed by atoms with Crippen LogP contribution in [-0.2, 0) is 24.1 Å². The largest absolute Gasteiger partial charge is 0.342 e. The Morgan fingerprint density at radius 1 is 1.03 bits per heavy atom. The van der Waals surface area contributed by atoms with Gasteiger partial charge in [-0.3, -0.25) is 14.8 Å². The number of likely N-dealkylation sites (tertiary alicyclic amines) is 1. The Hall–Kier alpha value is -3.49. The Bertz CT molecular complexity index is 1280. The van der Waals surface area contributed by atoms with Gasteiger partial charge < -0.3 is 4.90 Å². The molecule has 0 saturated carbocycles. The van der Waals surface area contributed by atoms with E-state index in [1.165, 1.54) is 16.7 Å². The van der Waals surface area contributed by atoms with E-state index in [-0.39, 0.29) is 5.91 Å². The number of piperidine rings is 1. The quantitative estimate of drug-likeness (QED) is 0.559. The Labute approximate surface area is 198 Å². The van der Waals surface area contributed by atoms with Gasteiger partial charge in [0, 0.05) is 42.3 Å². The topological polar surface area (TPSA) is 69.9 Å². The number of nitriles is 1. The number of aromatic nitrogens is 2. The smallest absolute Gasteiger partial charge is 0.227 e. The summed E-state index contributed by atoms with van der Waals surface area (Å²) in [7, 11) is 0. The lowest BCUT2D eigenvalue weighted by molar-refractivity contribution is -0.130. The van der Waals surface area contributed by atoms with Crippen LogP contribution in [0.25, 0.3) is 5.57 Å². The maximum atomic E-state index is 12.8. The number of hydrogen-bond donors (Lipinski definition) is 0. The van der Waals surface area contributed by atoms with E-state index < -0.39 is 0 Å². The molecular weight excluding hydrogens is 432 g/mol. The Morgan fingerprint density at radius 2 is 1.79 bits per heavy atom. The van der Waals surface area contributed by atoms with E-state index in [1.54, 1.807) is 18.6 Å². The summed E-state index contributed by atoms with van der Waals surface area (Å²) in [4.78, 5) is 23.6. The number of carbonyl (C=O) groups excluding carboxylic acids is 1. The van der Waals surface area contributed by atoms with Crippen molar-refractivity contribution in [1.29, 1.82) is 5.26 Å². The highest BCUT2D eigenvalue weighted by atomic mass is 35.5. The molecule has 0 unspecified atom stereocenters. The summed E-state index contributed by atoms with van der Waals surface area (Å²) in [5.41, 5.74) is 8.46. The highest BCUT2D eigenvalue weighted by molar-refractivity contribution is 6.30. The zero-order chi connectivity index (χ0) is 22.8. The van der Waals surface area contributed by atoms with E-state index in [9.17, 15) is 10.1 Å². The van der Waals surface area contributed by atoms with Crippen molar-refractivity contribution in [2.45, 2.75) is 32.1 Å². The van der Waals surface area contributed by atoms with E-state index in [0.717, 1.165) is 53.1 Å². The third kappa shape index (κ3) is 4.40. The van der Waals surface area contributed by atoms with E-state index in [1.807, 2.05) is 35.2 Å². The van der Waals surface area contributed by atoms with Gasteiger partial charge in [-0.05, 0) is 78.3 Å². The summed E-state index contributed by atoms with van der Waals surface area (Å²) in [5.74, 6) is 0.149. The second-order valence-electron chi connectivity index (χ2n) is 8.54. The highest BCUT2D eigenvalue weighted by Gasteiger charge is 2.27. The van der Waals surface area contributed by atoms with Gasteiger partial charge in [0.25, 0.3) is 0 Å². The number of halogens is 1. The van der Waals surface area contributed by atoms with Crippen LogP contribution in [0.4, 0.5) is 0 Å². The van der Waals surface area contributed by atoms with Crippen LogP contribution in [0.5, 0.6) is 0 Å². The van der Waals surface area contributed by atoms with Gasteiger partial charge in [0.1, 0.15) is 6.07 Å². The third-order valence-electron chi connectivity index (χ3n) is 6.51. The number of pyridine rings is 2. The van der Waals surface area contributed by atoms with Crippen molar-refractivity contribution in [2.75, 3.05) is 13.1 Å². The fraction of sp³-hybridized carbons (Fsp3) is 0.259. The lowest BCUT2D eigenvalue weighted by Crippen LogP contribution is -2.37. The first-order chi connectivity index (χ1) is 16.1. The molecule has 0 spiro atoms. The zero-order valence-corrected chi connectivity index (χ0v) is 19.0. The van der Waals surface area contributed by atoms with Gasteiger partial charge >= 0.3 is 0 Å². The first-order valence-corrected chi connectivity index (χ1v) is 11.6. The average Bonchev–Trinajstić information content (AvgIpc) is 3.00. The molecule has 2 aliphatic rings. The molecule has 5 nitrogen and oxygen atoms in total. The molecule has 1 saturated heterocycles. The van der Waals surface area contributed by atoms with Crippen molar-refractivity contribution >= 4 is 23.1 Å². The van der Waals surface area contributed by atoms with Crippen LogP contribution in [0.15, 0.2) is 60.6 Å². The summed E-state index contributed by atoms with van der Waals surface area (Å²) >= 11 is 6.32. The summed E-state index contributed by atoms with van der Waals surface area (Å²) in [6.45, 7) is 1.38. The van der Waals surface area contributed by atoms with Gasteiger partial charge in [-0.15, -0.1) is 0 Å². The molecule has 0 atom stereocenters. The number of nitrogens with zero attached hydrogens (tertiary/aromatic N) is 4. The second-order valence-corrected chi connectivity index (χ2v) is 8.97. The Morgan fingerprint density at radius 3 is 2.55 bits per heavy atom. The predicted octanol–water partition coefficient (Wildman–Crippen LogP) is 4.77. The lowest BCUT2D eigenvalue weighted by Gasteiger charge is -2.30. The van der Waals surface area contributed by atoms with Crippen molar-refractivity contribution in [3.05, 3.63) is 99.1 Å². The van der Waals surface area contributed by atoms with Crippen LogP contribution in [0.1, 0.15) is 46.4 Å². The summed E-state index contributed by atoms with van der Waals surface area (Å²) < 4.78 is 0. The van der Waals surface area contributed by atoms with Crippen LogP contribution >= 0.6 is 11.6 Å². The molecule has 1 fully saturated rings. The number of aryl methyl sites for hydroxylation is 2. The third-order valence-corrected chi connectivity index (χ3v) is 6.75. The molecular formula is C27H23ClN4O. The molecule has 1 amide bonds. The normalized spacial score (nSPS) is 15.3. The number of rotatable bonds is 2. The average molecular weight is 455 g/mol. The molecule has 33 heavy (non-hydrogen) atoms. The van der Waals surface area contributed by atoms with Gasteiger partial charge in [0.15, 0.2) is 0 Å². The summed E-state index contributed by atoms with van der Waals surface area (Å²) in [6, 6.07) is 14.0. The standard InChI is InChI=1S/C27H23ClN4O/c28-23-3-4-24-21(15-23)1-2-22-13-19(16-29)17-31-27(22)26(24)20-7-11-32(12-8-20)25(33)14-18-5-9-30-10-6-18/h3-6,9-10,13,15,17H,1-2,7-8,11-12,14H2. The van der Waals surface area contributed by atoms with Crippen molar-refractivity contribution in [2.24, 2.45) is 0 Å². The maximum absolute atomic E-state index is 12.8. The van der Waals surface area contributed by atoms with Crippen LogP contribution in [-0.4, -0.2) is 33.9 Å². The van der Waals surface area contributed by atoms with Crippen molar-refractivity contribution in [1.82, 2.24) is 14.9 Å². The van der Waals surface area contributed by atoms with Crippen molar-refractivity contribution in [3.63, 3.8) is 0 Å². The van der Waals surface area contributed by atoms with E-state index >= 15 is 0 Å². The molecule has 0 N–H and O–H groups in total. The molecule has 164 valence electrons. The van der Waals surface area contributed by atoms with Crippen LogP contribution in [0, 0.1) is 11.3 Å². The van der Waals surface area contributed by atoms with Gasteiger partial charge in [0.2, 0.25) is 5.91 Å². The molecule has 0 radical (unpaired) electrons. The minimum Gasteiger partial charge on any atom is -0.342 e. The van der Waals surface area contributed by atoms with E-state index in [4.69, 9.17) is 16.6 Å². The first kappa shape index (κ1) is 21.4. The van der Waals surface area contributed by atoms with Crippen LogP contribution in [0.2, 0.25) is 5.02 Å². The first-order valence-electron chi connectivity index (χ1n) is 11.2. The lowest BCUT2D eigenvalue weighted by atomic mass is 9.88. The van der Waals surface area contributed by atoms with E-state index in [2.05, 4.69) is 17.1 Å². The van der Waals surface area contributed by atoms with Crippen LogP contribution in [0.3, 0.4) is 0 Å². The Balaban J connectivity index is 1.47. The molecule has 0 bridgehead atoms. The molecule has 1 aromatic carbocycles. The molecule has 2 aromatic heterocycles. The number of benzene rings is 1. The fourth-order valence-corrected chi connectivity index (χ4v) is 5.01. The molecule has 3 aromatic rings. The fourth-order valence-electron chi connectivity index (χ4n) is 4.82. The van der Waals surface area contributed by atoms with Gasteiger partial charge in [-0.25, -0.2) is 0 Å². The minimum absolute atomic E-state index is 0.149. The van der Waals surface area contributed by atoms with Crippen molar-refractivity contribution < 1.29 is 4.79 Å². The van der Waals surface area contributed by atoms with Gasteiger partial charge in [-0.2, -0.15) is 5.26 Å². The Kier molecular flexibility index (Phi) is 5.93. The summed E-state index contributed by atoms with van der Waals surface area (Å²) in [6.07, 6.45) is 8.79. The van der Waals surface area contributed by atoms with Crippen LogP contribution < -0.4 is 0 Å². The number of carbonyl (C=O) groups is 1. The summed E-state index contributed by atoms with van der Waals surface area (Å²) in [5, 5.41) is 10.1. The number of fused-ring (bicyclic) bond motifs is 2. The maximum Gasteiger partial charge on any atom is 0.227 e. The molecule has 1 aliphatic carbocycles. The minimum atomic E-state index is 0.149. The highest BCUT2D eigenvalue weighted by Crippen LogP contribution is 2.38. The predicted molar refractivity (Wildman–Crippen MR) is 128 cm³/mol. The number of amides is 1. The molecule has 1 aliphatic heterocycles.